The van der Waals surface area contributed by atoms with Gasteiger partial charge in [-0.3, -0.25) is 0 Å². The molecule has 0 fully saturated rings. The highest BCUT2D eigenvalue weighted by molar-refractivity contribution is 6.84. The van der Waals surface area contributed by atoms with Crippen molar-refractivity contribution in [2.45, 2.75) is 85.5 Å². The zero-order valence-corrected chi connectivity index (χ0v) is 19.3. The fraction of sp³-hybridized carbons (Fsp3) is 0.667. The van der Waals surface area contributed by atoms with Crippen molar-refractivity contribution in [1.29, 1.82) is 0 Å². The third-order valence-electron chi connectivity index (χ3n) is 6.55. The molecule has 0 N–H and O–H groups in total. The minimum atomic E-state index is -1.67. The molecule has 1 heteroatoms. The first kappa shape index (κ1) is 20.5. The van der Waals surface area contributed by atoms with E-state index in [-0.39, 0.29) is 5.04 Å². The largest absolute Gasteiger partial charge is 0.0770 e. The van der Waals surface area contributed by atoms with Crippen LogP contribution in [0.2, 0.25) is 23.7 Å². The minimum Gasteiger partial charge on any atom is -0.0770 e. The monoisotopic (exact) mass is 356 g/mol. The Morgan fingerprint density at radius 3 is 2.08 bits per heavy atom. The van der Waals surface area contributed by atoms with Crippen molar-refractivity contribution in [3.63, 3.8) is 0 Å². The molecule has 25 heavy (non-hydrogen) atoms. The van der Waals surface area contributed by atoms with E-state index in [1.807, 2.05) is 0 Å². The maximum Gasteiger partial charge on any atom is 0.0744 e. The Labute approximate surface area is 158 Å². The maximum absolute atomic E-state index is 2.65. The highest BCUT2D eigenvalue weighted by Crippen LogP contribution is 2.62. The summed E-state index contributed by atoms with van der Waals surface area (Å²) in [5.41, 5.74) is 5.82. The fourth-order valence-corrected chi connectivity index (χ4v) is 10.1. The molecule has 0 aromatic heterocycles. The smallest absolute Gasteiger partial charge is 0.0744 e. The van der Waals surface area contributed by atoms with E-state index >= 15 is 0 Å². The normalized spacial score (nSPS) is 27.2. The van der Waals surface area contributed by atoms with Gasteiger partial charge in [-0.15, -0.1) is 0 Å². The Balaban J connectivity index is 2.56. The van der Waals surface area contributed by atoms with E-state index < -0.39 is 8.07 Å². The molecule has 0 radical (unpaired) electrons. The molecular weight excluding hydrogens is 316 g/mol. The van der Waals surface area contributed by atoms with Crippen LogP contribution in [-0.2, 0) is 0 Å². The van der Waals surface area contributed by atoms with Gasteiger partial charge < -0.3 is 0 Å². The van der Waals surface area contributed by atoms with Crippen LogP contribution in [0.15, 0.2) is 47.1 Å². The second-order valence-electron chi connectivity index (χ2n) is 10.7. The van der Waals surface area contributed by atoms with E-state index in [2.05, 4.69) is 98.9 Å². The van der Waals surface area contributed by atoms with Crippen LogP contribution in [0.5, 0.6) is 0 Å². The lowest BCUT2D eigenvalue weighted by Crippen LogP contribution is -2.47. The predicted molar refractivity (Wildman–Crippen MR) is 117 cm³/mol. The molecule has 0 amide bonds. The lowest BCUT2D eigenvalue weighted by molar-refractivity contribution is 0.346. The van der Waals surface area contributed by atoms with Crippen LogP contribution in [0.25, 0.3) is 0 Å². The van der Waals surface area contributed by atoms with E-state index in [9.17, 15) is 0 Å². The second kappa shape index (κ2) is 6.72. The Bertz CT molecular complexity index is 631. The molecule has 0 heterocycles. The maximum atomic E-state index is 2.65. The Kier molecular flexibility index (Phi) is 5.51. The lowest BCUT2D eigenvalue weighted by Gasteiger charge is -2.50. The van der Waals surface area contributed by atoms with Crippen LogP contribution in [0.4, 0.5) is 0 Å². The summed E-state index contributed by atoms with van der Waals surface area (Å²) in [5, 5.41) is 0.271. The van der Waals surface area contributed by atoms with Crippen molar-refractivity contribution in [3.05, 3.63) is 47.1 Å². The highest BCUT2D eigenvalue weighted by Gasteiger charge is 2.53. The summed E-state index contributed by atoms with van der Waals surface area (Å²) in [6.45, 7) is 24.3. The molecular formula is C24H40Si. The Hall–Kier alpha value is -0.823. The number of hydrogen-bond donors (Lipinski definition) is 0. The summed E-state index contributed by atoms with van der Waals surface area (Å²) in [4.78, 5) is 0. The van der Waals surface area contributed by atoms with E-state index in [1.54, 1.807) is 16.7 Å². The molecule has 0 aromatic carbocycles. The lowest BCUT2D eigenvalue weighted by atomic mass is 9.82. The number of rotatable bonds is 5. The molecule has 2 atom stereocenters. The molecule has 0 spiro atoms. The first-order valence-electron chi connectivity index (χ1n) is 10.1. The van der Waals surface area contributed by atoms with Gasteiger partial charge in [0.15, 0.2) is 0 Å². The van der Waals surface area contributed by atoms with Gasteiger partial charge in [0, 0.05) is 5.04 Å². The van der Waals surface area contributed by atoms with E-state index in [1.165, 1.54) is 6.42 Å². The molecule has 2 aliphatic rings. The summed E-state index contributed by atoms with van der Waals surface area (Å²) in [6, 6.07) is 0. The van der Waals surface area contributed by atoms with Gasteiger partial charge in [0.05, 0.1) is 8.07 Å². The Morgan fingerprint density at radius 1 is 1.08 bits per heavy atom. The van der Waals surface area contributed by atoms with Crippen LogP contribution in [0.3, 0.4) is 0 Å². The molecule has 2 rings (SSSR count). The summed E-state index contributed by atoms with van der Waals surface area (Å²) in [5.74, 6) is 1.25. The van der Waals surface area contributed by atoms with Crippen molar-refractivity contribution < 1.29 is 0 Å². The standard InChI is InChI=1S/C24H40Si/c1-17(2)20-14-21(18(3)4)22(15-20)25(9,10)24(16-23(6,7)8)13-11-12-19(24)5/h11-15,17-18,22H,16H2,1-10H3. The zero-order valence-electron chi connectivity index (χ0n) is 18.3. The van der Waals surface area contributed by atoms with Gasteiger partial charge in [0.2, 0.25) is 0 Å². The fourth-order valence-electron chi connectivity index (χ4n) is 5.03. The van der Waals surface area contributed by atoms with Gasteiger partial charge in [0.25, 0.3) is 0 Å². The quantitative estimate of drug-likeness (QED) is 0.438. The first-order chi connectivity index (χ1) is 11.3. The third kappa shape index (κ3) is 3.68. The van der Waals surface area contributed by atoms with Crippen molar-refractivity contribution >= 4 is 8.07 Å². The SMILES string of the molecule is CC1=CC=CC1(CC(C)(C)C)[Si](C)(C)C1C=C(C(C)C)C=C1C(C)C. The van der Waals surface area contributed by atoms with E-state index in [0.717, 1.165) is 0 Å². The molecule has 2 unspecified atom stereocenters. The van der Waals surface area contributed by atoms with Gasteiger partial charge in [0.1, 0.15) is 0 Å². The van der Waals surface area contributed by atoms with Gasteiger partial charge >= 0.3 is 0 Å². The average Bonchev–Trinajstić information content (AvgIpc) is 3.03. The van der Waals surface area contributed by atoms with Crippen LogP contribution >= 0.6 is 0 Å². The summed E-state index contributed by atoms with van der Waals surface area (Å²) < 4.78 is 0. The summed E-state index contributed by atoms with van der Waals surface area (Å²) >= 11 is 0. The first-order valence-corrected chi connectivity index (χ1v) is 13.2. The summed E-state index contributed by atoms with van der Waals surface area (Å²) in [7, 11) is -1.67. The van der Waals surface area contributed by atoms with Crippen molar-refractivity contribution in [2.75, 3.05) is 0 Å². The topological polar surface area (TPSA) is 0 Å². The molecule has 140 valence electrons. The van der Waals surface area contributed by atoms with Gasteiger partial charge in [-0.05, 0) is 41.7 Å². The van der Waals surface area contributed by atoms with Crippen LogP contribution in [0.1, 0.15) is 61.8 Å². The molecule has 0 saturated carbocycles. The van der Waals surface area contributed by atoms with Crippen molar-refractivity contribution in [3.8, 4) is 0 Å². The number of hydrogen-bond acceptors (Lipinski definition) is 0. The third-order valence-corrected chi connectivity index (χ3v) is 11.6. The molecule has 0 aromatic rings. The van der Waals surface area contributed by atoms with Crippen molar-refractivity contribution in [1.82, 2.24) is 0 Å². The van der Waals surface area contributed by atoms with Crippen LogP contribution in [-0.4, -0.2) is 8.07 Å². The van der Waals surface area contributed by atoms with Gasteiger partial charge in [-0.2, -0.15) is 0 Å². The minimum absolute atomic E-state index is 0.271. The van der Waals surface area contributed by atoms with E-state index in [4.69, 9.17) is 0 Å². The molecule has 0 saturated heterocycles. The molecule has 0 bridgehead atoms. The molecule has 2 aliphatic carbocycles. The Morgan fingerprint density at radius 2 is 1.68 bits per heavy atom. The highest BCUT2D eigenvalue weighted by atomic mass is 28.3. The zero-order chi connectivity index (χ0) is 19.2. The van der Waals surface area contributed by atoms with Gasteiger partial charge in [-0.25, -0.2) is 0 Å². The molecule has 0 nitrogen and oxygen atoms in total. The summed E-state index contributed by atoms with van der Waals surface area (Å²) in [6.07, 6.45) is 13.7. The van der Waals surface area contributed by atoms with Crippen LogP contribution in [0, 0.1) is 17.3 Å². The van der Waals surface area contributed by atoms with Crippen molar-refractivity contribution in [2.24, 2.45) is 17.3 Å². The predicted octanol–water partition coefficient (Wildman–Crippen LogP) is 7.94. The number of allylic oxidation sites excluding steroid dienone is 8. The van der Waals surface area contributed by atoms with E-state index in [0.29, 0.717) is 22.8 Å². The molecule has 0 aliphatic heterocycles. The second-order valence-corrected chi connectivity index (χ2v) is 15.7. The average molecular weight is 357 g/mol. The van der Waals surface area contributed by atoms with Gasteiger partial charge in [-0.1, -0.05) is 103 Å². The van der Waals surface area contributed by atoms with Crippen LogP contribution < -0.4 is 0 Å².